The van der Waals surface area contributed by atoms with Gasteiger partial charge < -0.3 is 9.47 Å². The molecule has 0 spiro atoms. The van der Waals surface area contributed by atoms with E-state index in [9.17, 15) is 22.8 Å². The van der Waals surface area contributed by atoms with Crippen molar-refractivity contribution in [3.05, 3.63) is 39.9 Å². The normalized spacial score (nSPS) is 22.4. The standard InChI is InChI=1S/C16H14ClF3O4/c1-15(2)23-8-10(14(24-15)13(22)7-21)5-9-6-11(17)3-4-12(9)16(18,19)20/h3-7,14H,8H2,1-2H3. The molecule has 8 heteroatoms. The van der Waals surface area contributed by atoms with Crippen molar-refractivity contribution in [3.63, 3.8) is 0 Å². The van der Waals surface area contributed by atoms with Gasteiger partial charge in [0.05, 0.1) is 12.2 Å². The highest BCUT2D eigenvalue weighted by atomic mass is 35.5. The van der Waals surface area contributed by atoms with Gasteiger partial charge in [-0.05, 0) is 49.3 Å². The summed E-state index contributed by atoms with van der Waals surface area (Å²) in [6, 6.07) is 3.09. The Labute approximate surface area is 141 Å². The second-order valence-electron chi connectivity index (χ2n) is 5.66. The fourth-order valence-corrected chi connectivity index (χ4v) is 2.44. The number of rotatable bonds is 3. The number of halogens is 4. The highest BCUT2D eigenvalue weighted by Crippen LogP contribution is 2.36. The molecule has 130 valence electrons. The Morgan fingerprint density at radius 1 is 1.38 bits per heavy atom. The summed E-state index contributed by atoms with van der Waals surface area (Å²) >= 11 is 5.77. The van der Waals surface area contributed by atoms with Crippen LogP contribution in [0.5, 0.6) is 0 Å². The number of ether oxygens (including phenoxy) is 2. The Balaban J connectivity index is 2.51. The first-order valence-corrected chi connectivity index (χ1v) is 7.29. The summed E-state index contributed by atoms with van der Waals surface area (Å²) in [5.41, 5.74) is -1.04. The van der Waals surface area contributed by atoms with Gasteiger partial charge in [-0.1, -0.05) is 11.6 Å². The van der Waals surface area contributed by atoms with Gasteiger partial charge >= 0.3 is 6.18 Å². The topological polar surface area (TPSA) is 52.6 Å². The van der Waals surface area contributed by atoms with Crippen LogP contribution in [-0.2, 0) is 25.2 Å². The van der Waals surface area contributed by atoms with Crippen molar-refractivity contribution in [2.24, 2.45) is 0 Å². The minimum absolute atomic E-state index is 0.0720. The number of carbonyl (C=O) groups is 2. The van der Waals surface area contributed by atoms with E-state index in [1.807, 2.05) is 0 Å². The molecule has 1 aromatic rings. The first kappa shape index (κ1) is 18.6. The summed E-state index contributed by atoms with van der Waals surface area (Å²) in [5, 5.41) is 0.103. The SMILES string of the molecule is CC1(C)OCC(=Cc2cc(Cl)ccc2C(F)(F)F)C(C(=O)C=O)O1. The molecule has 0 aliphatic carbocycles. The van der Waals surface area contributed by atoms with Crippen LogP contribution in [-0.4, -0.2) is 30.6 Å². The molecule has 1 atom stereocenters. The van der Waals surface area contributed by atoms with Crippen molar-refractivity contribution in [1.29, 1.82) is 0 Å². The molecule has 24 heavy (non-hydrogen) atoms. The molecule has 0 N–H and O–H groups in total. The highest BCUT2D eigenvalue weighted by molar-refractivity contribution is 6.30. The van der Waals surface area contributed by atoms with E-state index in [0.29, 0.717) is 0 Å². The van der Waals surface area contributed by atoms with Crippen LogP contribution < -0.4 is 0 Å². The van der Waals surface area contributed by atoms with Gasteiger partial charge in [0, 0.05) is 5.02 Å². The Hall–Kier alpha value is -1.70. The van der Waals surface area contributed by atoms with E-state index in [2.05, 4.69) is 0 Å². The van der Waals surface area contributed by atoms with Crippen molar-refractivity contribution >= 4 is 29.7 Å². The summed E-state index contributed by atoms with van der Waals surface area (Å²) in [6.07, 6.45) is -4.71. The molecule has 0 amide bonds. The summed E-state index contributed by atoms with van der Waals surface area (Å²) in [5.74, 6) is -2.03. The van der Waals surface area contributed by atoms with Crippen molar-refractivity contribution in [1.82, 2.24) is 0 Å². The number of hydrogen-bond donors (Lipinski definition) is 0. The first-order chi connectivity index (χ1) is 11.0. The summed E-state index contributed by atoms with van der Waals surface area (Å²) < 4.78 is 50.1. The molecule has 1 fully saturated rings. The number of benzene rings is 1. The zero-order chi connectivity index (χ0) is 18.1. The maximum absolute atomic E-state index is 13.1. The van der Waals surface area contributed by atoms with E-state index in [-0.39, 0.29) is 29.1 Å². The van der Waals surface area contributed by atoms with Gasteiger partial charge in [-0.2, -0.15) is 13.2 Å². The van der Waals surface area contributed by atoms with Gasteiger partial charge in [0.1, 0.15) is 0 Å². The lowest BCUT2D eigenvalue weighted by Crippen LogP contribution is -2.45. The van der Waals surface area contributed by atoms with Crippen LogP contribution in [0.4, 0.5) is 13.2 Å². The van der Waals surface area contributed by atoms with Gasteiger partial charge in [-0.3, -0.25) is 9.59 Å². The zero-order valence-corrected chi connectivity index (χ0v) is 13.6. The van der Waals surface area contributed by atoms with Crippen LogP contribution in [0.25, 0.3) is 6.08 Å². The number of aldehydes is 1. The molecule has 1 aliphatic rings. The number of alkyl halides is 3. The number of carbonyl (C=O) groups excluding carboxylic acids is 2. The van der Waals surface area contributed by atoms with Crippen LogP contribution >= 0.6 is 11.6 Å². The van der Waals surface area contributed by atoms with E-state index >= 15 is 0 Å². The molecule has 0 aromatic heterocycles. The molecule has 0 saturated carbocycles. The number of Topliss-reactive ketones (excluding diaryl/α,β-unsaturated/α-hetero) is 1. The largest absolute Gasteiger partial charge is 0.416 e. The van der Waals surface area contributed by atoms with E-state index < -0.39 is 29.4 Å². The smallest absolute Gasteiger partial charge is 0.346 e. The molecule has 0 bridgehead atoms. The van der Waals surface area contributed by atoms with E-state index in [1.54, 1.807) is 0 Å². The fourth-order valence-electron chi connectivity index (χ4n) is 2.26. The Kier molecular flexibility index (Phi) is 5.17. The number of hydrogen-bond acceptors (Lipinski definition) is 4. The number of ketones is 1. The molecule has 4 nitrogen and oxygen atoms in total. The van der Waals surface area contributed by atoms with Gasteiger partial charge in [0.2, 0.25) is 5.78 Å². The fraction of sp³-hybridized carbons (Fsp3) is 0.375. The van der Waals surface area contributed by atoms with Gasteiger partial charge in [0.15, 0.2) is 18.2 Å². The Morgan fingerprint density at radius 2 is 2.04 bits per heavy atom. The van der Waals surface area contributed by atoms with Gasteiger partial charge in [-0.25, -0.2) is 0 Å². The maximum Gasteiger partial charge on any atom is 0.416 e. The predicted octanol–water partition coefficient (Wildman–Crippen LogP) is 3.66. The van der Waals surface area contributed by atoms with Crippen molar-refractivity contribution in [3.8, 4) is 0 Å². The summed E-state index contributed by atoms with van der Waals surface area (Å²) in [6.45, 7) is 2.92. The second-order valence-corrected chi connectivity index (χ2v) is 6.09. The molecule has 1 aromatic carbocycles. The predicted molar refractivity (Wildman–Crippen MR) is 80.4 cm³/mol. The second kappa shape index (κ2) is 6.66. The molecule has 0 radical (unpaired) electrons. The van der Waals surface area contributed by atoms with E-state index in [4.69, 9.17) is 21.1 Å². The zero-order valence-electron chi connectivity index (χ0n) is 12.8. The third-order valence-electron chi connectivity index (χ3n) is 3.36. The van der Waals surface area contributed by atoms with Crippen molar-refractivity contribution in [2.45, 2.75) is 31.9 Å². The van der Waals surface area contributed by atoms with Crippen LogP contribution in [0.3, 0.4) is 0 Å². The molecule has 1 saturated heterocycles. The van der Waals surface area contributed by atoms with Crippen LogP contribution in [0, 0.1) is 0 Å². The van der Waals surface area contributed by atoms with Gasteiger partial charge in [0.25, 0.3) is 0 Å². The molecule has 2 rings (SSSR count). The average molecular weight is 363 g/mol. The van der Waals surface area contributed by atoms with Crippen molar-refractivity contribution < 1.29 is 32.2 Å². The lowest BCUT2D eigenvalue weighted by atomic mass is 9.98. The van der Waals surface area contributed by atoms with E-state index in [0.717, 1.165) is 24.3 Å². The minimum Gasteiger partial charge on any atom is -0.346 e. The minimum atomic E-state index is -4.60. The van der Waals surface area contributed by atoms with Crippen LogP contribution in [0.15, 0.2) is 23.8 Å². The lowest BCUT2D eigenvalue weighted by Gasteiger charge is -2.36. The first-order valence-electron chi connectivity index (χ1n) is 6.91. The third-order valence-corrected chi connectivity index (χ3v) is 3.59. The third kappa shape index (κ3) is 4.23. The lowest BCUT2D eigenvalue weighted by molar-refractivity contribution is -0.246. The molecular formula is C16H14ClF3O4. The summed E-state index contributed by atoms with van der Waals surface area (Å²) in [7, 11) is 0. The Morgan fingerprint density at radius 3 is 2.62 bits per heavy atom. The van der Waals surface area contributed by atoms with Crippen LogP contribution in [0.2, 0.25) is 5.02 Å². The van der Waals surface area contributed by atoms with Gasteiger partial charge in [-0.15, -0.1) is 0 Å². The molecule has 1 aliphatic heterocycles. The monoisotopic (exact) mass is 362 g/mol. The van der Waals surface area contributed by atoms with Crippen LogP contribution in [0.1, 0.15) is 25.0 Å². The average Bonchev–Trinajstić information content (AvgIpc) is 2.47. The quantitative estimate of drug-likeness (QED) is 0.608. The van der Waals surface area contributed by atoms with E-state index in [1.165, 1.54) is 13.8 Å². The Bertz CT molecular complexity index is 695. The molecule has 1 unspecified atom stereocenters. The summed E-state index contributed by atoms with van der Waals surface area (Å²) in [4.78, 5) is 22.6. The van der Waals surface area contributed by atoms with Crippen molar-refractivity contribution in [2.75, 3.05) is 6.61 Å². The highest BCUT2D eigenvalue weighted by Gasteiger charge is 2.38. The maximum atomic E-state index is 13.1. The molecular weight excluding hydrogens is 349 g/mol. The molecule has 1 heterocycles.